The number of hydrogen-bond acceptors (Lipinski definition) is 1. The van der Waals surface area contributed by atoms with Crippen LogP contribution in [-0.4, -0.2) is 17.1 Å². The molecule has 0 radical (unpaired) electrons. The third kappa shape index (κ3) is 5.59. The minimum absolute atomic E-state index is 0.435. The smallest absolute Gasteiger partial charge is 0.310 e. The van der Waals surface area contributed by atoms with Crippen LogP contribution in [0.5, 0.6) is 0 Å². The Labute approximate surface area is 78.1 Å². The lowest BCUT2D eigenvalue weighted by Gasteiger charge is -2.16. The van der Waals surface area contributed by atoms with E-state index in [4.69, 9.17) is 5.11 Å². The molecule has 1 unspecified atom stereocenters. The van der Waals surface area contributed by atoms with E-state index in [2.05, 4.69) is 5.92 Å². The molecule has 1 aliphatic rings. The van der Waals surface area contributed by atoms with Gasteiger partial charge in [0, 0.05) is 12.8 Å². The first kappa shape index (κ1) is 12.4. The first-order valence-electron chi connectivity index (χ1n) is 4.66. The molecule has 76 valence electrons. The third-order valence-corrected chi connectivity index (χ3v) is 1.60. The summed E-state index contributed by atoms with van der Waals surface area (Å²) in [7, 11) is 0. The van der Waals surface area contributed by atoms with Crippen molar-refractivity contribution in [1.82, 2.24) is 0 Å². The van der Waals surface area contributed by atoms with Gasteiger partial charge in [-0.15, -0.1) is 0 Å². The molecular weight excluding hydrogens is 174 g/mol. The largest absolute Gasteiger partial charge is 0.393 e. The monoisotopic (exact) mass is 190 g/mol. The van der Waals surface area contributed by atoms with Crippen molar-refractivity contribution in [3.8, 4) is 11.8 Å². The van der Waals surface area contributed by atoms with Crippen LogP contribution < -0.4 is 0 Å². The van der Waals surface area contributed by atoms with Crippen LogP contribution in [0.25, 0.3) is 0 Å². The third-order valence-electron chi connectivity index (χ3n) is 1.60. The highest BCUT2D eigenvalue weighted by atomic mass is 19.3. The maximum absolute atomic E-state index is 12.6. The van der Waals surface area contributed by atoms with Gasteiger partial charge in [0.05, 0.1) is 6.10 Å². The molecule has 0 amide bonds. The Bertz CT molecular complexity index is 191. The summed E-state index contributed by atoms with van der Waals surface area (Å²) < 4.78 is 25.1. The van der Waals surface area contributed by atoms with Crippen molar-refractivity contribution in [2.75, 3.05) is 0 Å². The highest BCUT2D eigenvalue weighted by molar-refractivity contribution is 5.10. The summed E-state index contributed by atoms with van der Waals surface area (Å²) in [5.74, 6) is 1.25. The summed E-state index contributed by atoms with van der Waals surface area (Å²) in [5.41, 5.74) is 0. The van der Waals surface area contributed by atoms with Gasteiger partial charge in [-0.05, 0) is 18.8 Å². The van der Waals surface area contributed by atoms with E-state index in [-0.39, 0.29) is 0 Å². The van der Waals surface area contributed by atoms with Crippen LogP contribution in [0.1, 0.15) is 39.5 Å². The molecule has 0 aromatic carbocycles. The van der Waals surface area contributed by atoms with Crippen molar-refractivity contribution in [3.63, 3.8) is 0 Å². The molecule has 0 bridgehead atoms. The topological polar surface area (TPSA) is 20.2 Å². The average molecular weight is 190 g/mol. The molecule has 0 fully saturated rings. The van der Waals surface area contributed by atoms with Crippen molar-refractivity contribution in [2.45, 2.75) is 51.6 Å². The molecule has 3 heteroatoms. The van der Waals surface area contributed by atoms with Crippen LogP contribution >= 0.6 is 0 Å². The molecule has 0 aliphatic heterocycles. The van der Waals surface area contributed by atoms with Crippen LogP contribution in [0.15, 0.2) is 0 Å². The molecule has 13 heavy (non-hydrogen) atoms. The molecule has 0 spiro atoms. The lowest BCUT2D eigenvalue weighted by atomic mass is 10.0. The van der Waals surface area contributed by atoms with Crippen molar-refractivity contribution in [2.24, 2.45) is 0 Å². The fraction of sp³-hybridized carbons (Fsp3) is 0.800. The van der Waals surface area contributed by atoms with Gasteiger partial charge < -0.3 is 5.11 Å². The predicted octanol–water partition coefficient (Wildman–Crippen LogP) is 2.59. The summed E-state index contributed by atoms with van der Waals surface area (Å²) >= 11 is 0. The Morgan fingerprint density at radius 2 is 2.00 bits per heavy atom. The maximum atomic E-state index is 12.6. The molecule has 1 rings (SSSR count). The number of aliphatic hydroxyl groups excluding tert-OH is 1. The van der Waals surface area contributed by atoms with E-state index < -0.39 is 18.4 Å². The zero-order valence-electron chi connectivity index (χ0n) is 8.11. The second-order valence-electron chi connectivity index (χ2n) is 2.76. The second kappa shape index (κ2) is 5.93. The van der Waals surface area contributed by atoms with Crippen LogP contribution in [0.4, 0.5) is 8.78 Å². The van der Waals surface area contributed by atoms with E-state index >= 15 is 0 Å². The fourth-order valence-corrected chi connectivity index (χ4v) is 1.07. The van der Waals surface area contributed by atoms with Crippen molar-refractivity contribution in [3.05, 3.63) is 0 Å². The Balaban J connectivity index is 0.000000671. The Kier molecular flexibility index (Phi) is 5.65. The Morgan fingerprint density at radius 3 is 2.62 bits per heavy atom. The Hall–Kier alpha value is -0.620. The number of halogens is 2. The molecule has 1 nitrogen and oxygen atoms in total. The zero-order chi connectivity index (χ0) is 10.3. The van der Waals surface area contributed by atoms with Crippen molar-refractivity contribution in [1.29, 1.82) is 0 Å². The quantitative estimate of drug-likeness (QED) is 0.582. The van der Waals surface area contributed by atoms with E-state index in [0.717, 1.165) is 0 Å². The summed E-state index contributed by atoms with van der Waals surface area (Å²) in [6, 6.07) is 0. The number of rotatable bonds is 0. The van der Waals surface area contributed by atoms with Gasteiger partial charge in [0.2, 0.25) is 0 Å². The van der Waals surface area contributed by atoms with Gasteiger partial charge in [0.15, 0.2) is 0 Å². The molecule has 0 aromatic heterocycles. The van der Waals surface area contributed by atoms with Gasteiger partial charge in [-0.1, -0.05) is 19.8 Å². The van der Waals surface area contributed by atoms with Gasteiger partial charge in [-0.25, -0.2) is 0 Å². The number of alkyl halides is 2. The van der Waals surface area contributed by atoms with E-state index in [1.165, 1.54) is 0 Å². The fourth-order valence-electron chi connectivity index (χ4n) is 1.07. The normalized spacial score (nSPS) is 25.5. The SMILES string of the molecule is CC.OC1CCCC#CC(F)(F)C1. The van der Waals surface area contributed by atoms with E-state index in [1.54, 1.807) is 0 Å². The highest BCUT2D eigenvalue weighted by Gasteiger charge is 2.29. The minimum Gasteiger partial charge on any atom is -0.393 e. The Morgan fingerprint density at radius 1 is 1.38 bits per heavy atom. The standard InChI is InChI=1S/C8H10F2O.C2H6/c9-8(10)5-3-1-2-4-7(11)6-8;1-2/h7,11H,1-2,4,6H2;1-2H3. The molecule has 0 saturated carbocycles. The summed E-state index contributed by atoms with van der Waals surface area (Å²) in [5, 5.41) is 9.00. The number of hydrogen-bond donors (Lipinski definition) is 1. The lowest BCUT2D eigenvalue weighted by Crippen LogP contribution is -2.23. The first-order chi connectivity index (χ1) is 6.10. The average Bonchev–Trinajstić information content (AvgIpc) is 2.04. The summed E-state index contributed by atoms with van der Waals surface area (Å²) in [4.78, 5) is 0. The zero-order valence-corrected chi connectivity index (χ0v) is 8.11. The van der Waals surface area contributed by atoms with Crippen LogP contribution in [0.3, 0.4) is 0 Å². The first-order valence-corrected chi connectivity index (χ1v) is 4.66. The van der Waals surface area contributed by atoms with Gasteiger partial charge >= 0.3 is 5.92 Å². The second-order valence-corrected chi connectivity index (χ2v) is 2.76. The van der Waals surface area contributed by atoms with Crippen LogP contribution in [-0.2, 0) is 0 Å². The van der Waals surface area contributed by atoms with Crippen molar-refractivity contribution >= 4 is 0 Å². The molecule has 0 heterocycles. The van der Waals surface area contributed by atoms with Gasteiger partial charge in [0.25, 0.3) is 0 Å². The van der Waals surface area contributed by atoms with Gasteiger partial charge in [0.1, 0.15) is 0 Å². The molecule has 0 aromatic rings. The molecule has 0 saturated heterocycles. The lowest BCUT2D eigenvalue weighted by molar-refractivity contribution is 0.00191. The van der Waals surface area contributed by atoms with Gasteiger partial charge in [-0.3, -0.25) is 0 Å². The molecule has 1 N–H and O–H groups in total. The summed E-state index contributed by atoms with van der Waals surface area (Å²) in [6.45, 7) is 4.00. The van der Waals surface area contributed by atoms with Crippen LogP contribution in [0.2, 0.25) is 0 Å². The van der Waals surface area contributed by atoms with Gasteiger partial charge in [-0.2, -0.15) is 8.78 Å². The molecular formula is C10H16F2O. The minimum atomic E-state index is -2.99. The van der Waals surface area contributed by atoms with E-state index in [9.17, 15) is 8.78 Å². The van der Waals surface area contributed by atoms with E-state index in [1.807, 2.05) is 19.8 Å². The molecule has 1 atom stereocenters. The van der Waals surface area contributed by atoms with Crippen LogP contribution in [0, 0.1) is 11.8 Å². The van der Waals surface area contributed by atoms with Crippen molar-refractivity contribution < 1.29 is 13.9 Å². The van der Waals surface area contributed by atoms with E-state index in [0.29, 0.717) is 19.3 Å². The highest BCUT2D eigenvalue weighted by Crippen LogP contribution is 2.23. The molecule has 1 aliphatic carbocycles. The maximum Gasteiger partial charge on any atom is 0.310 e. The summed E-state index contributed by atoms with van der Waals surface area (Å²) in [6.07, 6.45) is 0.209. The predicted molar refractivity (Wildman–Crippen MR) is 48.5 cm³/mol. The number of aliphatic hydroxyl groups is 1.